The van der Waals surface area contributed by atoms with Crippen molar-refractivity contribution < 1.29 is 0 Å². The van der Waals surface area contributed by atoms with Crippen LogP contribution in [-0.4, -0.2) is 29.5 Å². The third-order valence-electron chi connectivity index (χ3n) is 4.81. The molecule has 0 fully saturated rings. The normalized spacial score (nSPS) is 15.8. The molecular formula is C22H21ClN2. The van der Waals surface area contributed by atoms with Crippen molar-refractivity contribution in [2.24, 2.45) is 0 Å². The Labute approximate surface area is 153 Å². The fourth-order valence-corrected chi connectivity index (χ4v) is 3.64. The van der Waals surface area contributed by atoms with Gasteiger partial charge in [0.25, 0.3) is 0 Å². The van der Waals surface area contributed by atoms with Crippen molar-refractivity contribution in [3.05, 3.63) is 83.0 Å². The second-order valence-corrected chi connectivity index (χ2v) is 6.81. The summed E-state index contributed by atoms with van der Waals surface area (Å²) in [5, 5.41) is 1.97. The highest BCUT2D eigenvalue weighted by molar-refractivity contribution is 6.33. The Bertz CT molecular complexity index is 922. The number of benzene rings is 2. The van der Waals surface area contributed by atoms with Crippen LogP contribution in [-0.2, 0) is 0 Å². The number of halogens is 1. The van der Waals surface area contributed by atoms with Crippen molar-refractivity contribution in [1.82, 2.24) is 9.88 Å². The van der Waals surface area contributed by atoms with Gasteiger partial charge in [-0.15, -0.1) is 0 Å². The van der Waals surface area contributed by atoms with Gasteiger partial charge in [0.1, 0.15) is 0 Å². The lowest BCUT2D eigenvalue weighted by Crippen LogP contribution is -2.28. The minimum absolute atomic E-state index is 0.799. The number of nitrogens with one attached hydrogen (secondary N) is 1. The molecular weight excluding hydrogens is 328 g/mol. The number of fused-ring (bicyclic) bond motifs is 1. The number of nitrogens with zero attached hydrogens (tertiary/aromatic N) is 1. The summed E-state index contributed by atoms with van der Waals surface area (Å²) in [5.41, 5.74) is 5.03. The van der Waals surface area contributed by atoms with Crippen molar-refractivity contribution in [2.75, 3.05) is 19.6 Å². The van der Waals surface area contributed by atoms with Crippen molar-refractivity contribution in [2.45, 2.75) is 6.42 Å². The lowest BCUT2D eigenvalue weighted by atomic mass is 9.99. The van der Waals surface area contributed by atoms with E-state index in [1.54, 1.807) is 0 Å². The monoisotopic (exact) mass is 348 g/mol. The van der Waals surface area contributed by atoms with Crippen LogP contribution >= 0.6 is 11.6 Å². The van der Waals surface area contributed by atoms with Crippen LogP contribution in [0.4, 0.5) is 0 Å². The molecule has 0 spiro atoms. The van der Waals surface area contributed by atoms with Crippen molar-refractivity contribution >= 4 is 34.2 Å². The van der Waals surface area contributed by atoms with E-state index in [2.05, 4.69) is 64.5 Å². The van der Waals surface area contributed by atoms with Crippen LogP contribution in [0.15, 0.2) is 66.9 Å². The second-order valence-electron chi connectivity index (χ2n) is 6.41. The zero-order valence-electron chi connectivity index (χ0n) is 14.1. The highest BCUT2D eigenvalue weighted by Crippen LogP contribution is 2.27. The number of hydrogen-bond donors (Lipinski definition) is 1. The summed E-state index contributed by atoms with van der Waals surface area (Å²) in [5.74, 6) is 0. The largest absolute Gasteiger partial charge is 0.361 e. The minimum atomic E-state index is 0.799. The van der Waals surface area contributed by atoms with Gasteiger partial charge >= 0.3 is 0 Å². The van der Waals surface area contributed by atoms with Crippen molar-refractivity contribution in [3.63, 3.8) is 0 Å². The van der Waals surface area contributed by atoms with Gasteiger partial charge in [0.05, 0.1) is 0 Å². The Morgan fingerprint density at radius 3 is 2.76 bits per heavy atom. The van der Waals surface area contributed by atoms with Crippen LogP contribution in [0.2, 0.25) is 5.02 Å². The average molecular weight is 349 g/mol. The van der Waals surface area contributed by atoms with E-state index < -0.39 is 0 Å². The number of hydrogen-bond acceptors (Lipinski definition) is 1. The van der Waals surface area contributed by atoms with Gasteiger partial charge in [-0.1, -0.05) is 60.2 Å². The molecule has 0 saturated carbocycles. The molecule has 3 aromatic rings. The summed E-state index contributed by atoms with van der Waals surface area (Å²) in [4.78, 5) is 5.69. The molecule has 25 heavy (non-hydrogen) atoms. The maximum Gasteiger partial charge on any atom is 0.0485 e. The molecule has 0 radical (unpaired) electrons. The molecule has 2 aromatic carbocycles. The summed E-state index contributed by atoms with van der Waals surface area (Å²) >= 11 is 6.38. The number of aromatic nitrogens is 1. The lowest BCUT2D eigenvalue weighted by Gasteiger charge is -2.25. The van der Waals surface area contributed by atoms with Gasteiger partial charge in [0.15, 0.2) is 0 Å². The topological polar surface area (TPSA) is 19.0 Å². The first kappa shape index (κ1) is 16.2. The SMILES string of the molecule is Clc1ccc2[nH]ccc2c1C=CCN1CC=C(c2ccccc2)CC1. The Morgan fingerprint density at radius 1 is 1.08 bits per heavy atom. The Kier molecular flexibility index (Phi) is 4.73. The Hall–Kier alpha value is -2.29. The van der Waals surface area contributed by atoms with E-state index in [0.29, 0.717) is 0 Å². The Balaban J connectivity index is 1.42. The fraction of sp³-hybridized carbons (Fsp3) is 0.182. The molecule has 3 heteroatoms. The van der Waals surface area contributed by atoms with Crippen LogP contribution < -0.4 is 0 Å². The molecule has 1 aliphatic heterocycles. The van der Waals surface area contributed by atoms with E-state index in [1.807, 2.05) is 18.3 Å². The first-order valence-corrected chi connectivity index (χ1v) is 9.08. The molecule has 1 N–H and O–H groups in total. The van der Waals surface area contributed by atoms with Gasteiger partial charge in [-0.05, 0) is 35.8 Å². The molecule has 4 rings (SSSR count). The summed E-state index contributed by atoms with van der Waals surface area (Å²) in [6.45, 7) is 3.03. The van der Waals surface area contributed by atoms with Gasteiger partial charge in [-0.3, -0.25) is 4.90 Å². The number of rotatable bonds is 4. The predicted octanol–water partition coefficient (Wildman–Crippen LogP) is 5.62. The number of aromatic amines is 1. The van der Waals surface area contributed by atoms with Gasteiger partial charge < -0.3 is 4.98 Å². The summed E-state index contributed by atoms with van der Waals surface area (Å²) in [6, 6.07) is 16.7. The van der Waals surface area contributed by atoms with Crippen LogP contribution in [0.3, 0.4) is 0 Å². The third-order valence-corrected chi connectivity index (χ3v) is 5.14. The van der Waals surface area contributed by atoms with E-state index in [4.69, 9.17) is 11.6 Å². The maximum absolute atomic E-state index is 6.38. The summed E-state index contributed by atoms with van der Waals surface area (Å²) in [7, 11) is 0. The highest BCUT2D eigenvalue weighted by Gasteiger charge is 2.11. The highest BCUT2D eigenvalue weighted by atomic mass is 35.5. The smallest absolute Gasteiger partial charge is 0.0485 e. The molecule has 0 aliphatic carbocycles. The number of H-pyrrole nitrogens is 1. The van der Waals surface area contributed by atoms with Gasteiger partial charge in [-0.25, -0.2) is 0 Å². The summed E-state index contributed by atoms with van der Waals surface area (Å²) in [6.07, 6.45) is 9.78. The molecule has 1 aliphatic rings. The first-order chi connectivity index (χ1) is 12.3. The fourth-order valence-electron chi connectivity index (χ4n) is 3.41. The zero-order valence-corrected chi connectivity index (χ0v) is 14.8. The van der Waals surface area contributed by atoms with Crippen LogP contribution in [0.25, 0.3) is 22.6 Å². The second kappa shape index (κ2) is 7.30. The lowest BCUT2D eigenvalue weighted by molar-refractivity contribution is 0.335. The van der Waals surface area contributed by atoms with E-state index in [0.717, 1.165) is 42.2 Å². The van der Waals surface area contributed by atoms with Gasteiger partial charge in [0, 0.05) is 47.3 Å². The van der Waals surface area contributed by atoms with Crippen LogP contribution in [0.5, 0.6) is 0 Å². The first-order valence-electron chi connectivity index (χ1n) is 8.70. The van der Waals surface area contributed by atoms with Crippen LogP contribution in [0.1, 0.15) is 17.5 Å². The van der Waals surface area contributed by atoms with E-state index >= 15 is 0 Å². The standard InChI is InChI=1S/C22H21ClN2/c23-21-8-9-22-20(10-13-24-22)19(21)7-4-14-25-15-11-18(12-16-25)17-5-2-1-3-6-17/h1-11,13,24H,12,14-16H2. The zero-order chi connectivity index (χ0) is 17.1. The van der Waals surface area contributed by atoms with E-state index in [-0.39, 0.29) is 0 Å². The van der Waals surface area contributed by atoms with E-state index in [9.17, 15) is 0 Å². The average Bonchev–Trinajstić information content (AvgIpc) is 3.14. The molecule has 126 valence electrons. The third kappa shape index (κ3) is 3.55. The molecule has 0 bridgehead atoms. The minimum Gasteiger partial charge on any atom is -0.361 e. The molecule has 0 unspecified atom stereocenters. The molecule has 0 amide bonds. The molecule has 2 nitrogen and oxygen atoms in total. The Morgan fingerprint density at radius 2 is 1.96 bits per heavy atom. The van der Waals surface area contributed by atoms with Gasteiger partial charge in [0.2, 0.25) is 0 Å². The molecule has 0 saturated heterocycles. The van der Waals surface area contributed by atoms with Gasteiger partial charge in [-0.2, -0.15) is 0 Å². The van der Waals surface area contributed by atoms with Crippen molar-refractivity contribution in [1.29, 1.82) is 0 Å². The predicted molar refractivity (Wildman–Crippen MR) is 108 cm³/mol. The molecule has 2 heterocycles. The molecule has 0 atom stereocenters. The molecule has 1 aromatic heterocycles. The maximum atomic E-state index is 6.38. The van der Waals surface area contributed by atoms with Crippen molar-refractivity contribution in [3.8, 4) is 0 Å². The van der Waals surface area contributed by atoms with Crippen LogP contribution in [0, 0.1) is 0 Å². The summed E-state index contributed by atoms with van der Waals surface area (Å²) < 4.78 is 0. The van der Waals surface area contributed by atoms with E-state index in [1.165, 1.54) is 16.5 Å². The quantitative estimate of drug-likeness (QED) is 0.648.